The number of nitrogens with zero attached hydrogens (tertiary/aromatic N) is 1. The lowest BCUT2D eigenvalue weighted by Crippen LogP contribution is -2.48. The average Bonchev–Trinajstić information content (AvgIpc) is 2.53. The molecule has 1 aromatic heterocycles. The highest BCUT2D eigenvalue weighted by atomic mass is 16.5. The van der Waals surface area contributed by atoms with Gasteiger partial charge in [0.1, 0.15) is 6.26 Å². The fourth-order valence-corrected chi connectivity index (χ4v) is 1.91. The van der Waals surface area contributed by atoms with Crippen molar-refractivity contribution in [3.8, 4) is 0 Å². The molecule has 1 aliphatic rings. The van der Waals surface area contributed by atoms with Crippen LogP contribution in [0.3, 0.4) is 0 Å². The second-order valence-corrected chi connectivity index (χ2v) is 4.21. The van der Waals surface area contributed by atoms with Crippen LogP contribution in [0.1, 0.15) is 32.0 Å². The predicted molar refractivity (Wildman–Crippen MR) is 50.4 cm³/mol. The highest BCUT2D eigenvalue weighted by Gasteiger charge is 2.36. The minimum Gasteiger partial charge on any atom is -0.364 e. The van der Waals surface area contributed by atoms with Crippen molar-refractivity contribution in [1.82, 2.24) is 10.5 Å². The predicted octanol–water partition coefficient (Wildman–Crippen LogP) is 1.69. The molecule has 13 heavy (non-hydrogen) atoms. The van der Waals surface area contributed by atoms with Crippen LogP contribution in [0.5, 0.6) is 0 Å². The molecule has 0 aliphatic carbocycles. The van der Waals surface area contributed by atoms with Crippen molar-refractivity contribution in [3.05, 3.63) is 17.5 Å². The van der Waals surface area contributed by atoms with Crippen molar-refractivity contribution in [2.45, 2.75) is 32.7 Å². The molecule has 1 unspecified atom stereocenters. The van der Waals surface area contributed by atoms with Gasteiger partial charge in [-0.15, -0.1) is 0 Å². The van der Waals surface area contributed by atoms with E-state index in [2.05, 4.69) is 31.2 Å². The van der Waals surface area contributed by atoms with Crippen LogP contribution in [-0.4, -0.2) is 11.7 Å². The molecular weight excluding hydrogens is 164 g/mol. The zero-order valence-corrected chi connectivity index (χ0v) is 8.42. The van der Waals surface area contributed by atoms with Gasteiger partial charge in [-0.1, -0.05) is 19.0 Å². The van der Waals surface area contributed by atoms with Crippen LogP contribution in [0, 0.1) is 5.92 Å². The molecule has 0 amide bonds. The maximum Gasteiger partial charge on any atom is 0.129 e. The van der Waals surface area contributed by atoms with E-state index in [-0.39, 0.29) is 5.54 Å². The van der Waals surface area contributed by atoms with E-state index in [1.54, 1.807) is 6.26 Å². The number of aromatic nitrogens is 1. The zero-order valence-electron chi connectivity index (χ0n) is 8.42. The van der Waals surface area contributed by atoms with Gasteiger partial charge in [0, 0.05) is 24.1 Å². The summed E-state index contributed by atoms with van der Waals surface area (Å²) in [4.78, 5) is 0. The molecule has 0 aromatic carbocycles. The Kier molecular flexibility index (Phi) is 1.91. The molecule has 1 atom stereocenters. The first kappa shape index (κ1) is 8.75. The van der Waals surface area contributed by atoms with E-state index in [4.69, 9.17) is 4.52 Å². The van der Waals surface area contributed by atoms with E-state index < -0.39 is 0 Å². The Hall–Kier alpha value is -0.830. The second kappa shape index (κ2) is 2.84. The van der Waals surface area contributed by atoms with Crippen molar-refractivity contribution >= 4 is 0 Å². The normalized spacial score (nSPS) is 27.7. The first-order valence-corrected chi connectivity index (χ1v) is 4.83. The van der Waals surface area contributed by atoms with Gasteiger partial charge in [-0.2, -0.15) is 0 Å². The Bertz CT molecular complexity index is 306. The van der Waals surface area contributed by atoms with E-state index in [9.17, 15) is 0 Å². The summed E-state index contributed by atoms with van der Waals surface area (Å²) in [7, 11) is 0. The third-order valence-corrected chi connectivity index (χ3v) is 3.21. The van der Waals surface area contributed by atoms with Gasteiger partial charge in [-0.3, -0.25) is 0 Å². The minimum absolute atomic E-state index is 0.0353. The van der Waals surface area contributed by atoms with Crippen molar-refractivity contribution in [3.63, 3.8) is 0 Å². The highest BCUT2D eigenvalue weighted by Crippen LogP contribution is 2.33. The van der Waals surface area contributed by atoms with Crippen molar-refractivity contribution in [2.75, 3.05) is 6.54 Å². The molecule has 2 heterocycles. The first-order valence-electron chi connectivity index (χ1n) is 4.83. The number of rotatable bonds is 1. The molecule has 0 spiro atoms. The third-order valence-electron chi connectivity index (χ3n) is 3.21. The largest absolute Gasteiger partial charge is 0.364 e. The van der Waals surface area contributed by atoms with Crippen LogP contribution in [0.15, 0.2) is 10.8 Å². The summed E-state index contributed by atoms with van der Waals surface area (Å²) in [5.41, 5.74) is 2.39. The van der Waals surface area contributed by atoms with Crippen LogP contribution in [-0.2, 0) is 12.0 Å². The van der Waals surface area contributed by atoms with Crippen LogP contribution < -0.4 is 5.32 Å². The summed E-state index contributed by atoms with van der Waals surface area (Å²) in [5, 5.41) is 7.56. The summed E-state index contributed by atoms with van der Waals surface area (Å²) < 4.78 is 5.02. The minimum atomic E-state index is 0.0353. The van der Waals surface area contributed by atoms with Crippen LogP contribution in [0.25, 0.3) is 0 Å². The van der Waals surface area contributed by atoms with Crippen molar-refractivity contribution < 1.29 is 4.52 Å². The molecule has 0 fully saturated rings. The lowest BCUT2D eigenvalue weighted by molar-refractivity contribution is 0.252. The quantitative estimate of drug-likeness (QED) is 0.714. The number of nitrogens with one attached hydrogen (secondary N) is 1. The van der Waals surface area contributed by atoms with Gasteiger partial charge in [-0.05, 0) is 12.8 Å². The maximum atomic E-state index is 5.02. The van der Waals surface area contributed by atoms with Gasteiger partial charge in [0.05, 0.1) is 5.69 Å². The molecule has 3 nitrogen and oxygen atoms in total. The van der Waals surface area contributed by atoms with Gasteiger partial charge in [-0.25, -0.2) is 0 Å². The van der Waals surface area contributed by atoms with E-state index in [0.717, 1.165) is 18.7 Å². The molecule has 0 saturated carbocycles. The van der Waals surface area contributed by atoms with Gasteiger partial charge in [0.2, 0.25) is 0 Å². The Morgan fingerprint density at radius 3 is 3.08 bits per heavy atom. The number of fused-ring (bicyclic) bond motifs is 1. The molecule has 1 aromatic rings. The van der Waals surface area contributed by atoms with Gasteiger partial charge in [0.25, 0.3) is 0 Å². The maximum absolute atomic E-state index is 5.02. The molecule has 0 saturated heterocycles. The second-order valence-electron chi connectivity index (χ2n) is 4.21. The zero-order chi connectivity index (χ0) is 9.47. The Balaban J connectivity index is 2.45. The van der Waals surface area contributed by atoms with E-state index in [1.807, 2.05) is 0 Å². The summed E-state index contributed by atoms with van der Waals surface area (Å²) in [6, 6.07) is 0. The molecular formula is C10H16N2O. The van der Waals surface area contributed by atoms with E-state index in [0.29, 0.717) is 5.92 Å². The summed E-state index contributed by atoms with van der Waals surface area (Å²) >= 11 is 0. The van der Waals surface area contributed by atoms with Gasteiger partial charge < -0.3 is 9.84 Å². The molecule has 2 rings (SSSR count). The topological polar surface area (TPSA) is 38.1 Å². The van der Waals surface area contributed by atoms with Crippen LogP contribution in [0.4, 0.5) is 0 Å². The number of hydrogen-bond acceptors (Lipinski definition) is 3. The lowest BCUT2D eigenvalue weighted by atomic mass is 9.79. The molecule has 72 valence electrons. The SMILES string of the molecule is CC(C)C1(C)NCCc2nocc21. The summed E-state index contributed by atoms with van der Waals surface area (Å²) in [6.45, 7) is 7.64. The van der Waals surface area contributed by atoms with Crippen LogP contribution >= 0.6 is 0 Å². The highest BCUT2D eigenvalue weighted by molar-refractivity contribution is 5.28. The van der Waals surface area contributed by atoms with Gasteiger partial charge >= 0.3 is 0 Å². The smallest absolute Gasteiger partial charge is 0.129 e. The molecule has 1 aliphatic heterocycles. The Morgan fingerprint density at radius 1 is 1.62 bits per heavy atom. The monoisotopic (exact) mass is 180 g/mol. The summed E-state index contributed by atoms with van der Waals surface area (Å²) in [6.07, 6.45) is 2.76. The molecule has 1 N–H and O–H groups in total. The molecule has 3 heteroatoms. The van der Waals surface area contributed by atoms with E-state index in [1.165, 1.54) is 5.56 Å². The first-order chi connectivity index (χ1) is 6.14. The molecule has 0 bridgehead atoms. The van der Waals surface area contributed by atoms with Gasteiger partial charge in [0.15, 0.2) is 0 Å². The third kappa shape index (κ3) is 1.18. The van der Waals surface area contributed by atoms with Crippen molar-refractivity contribution in [1.29, 1.82) is 0 Å². The average molecular weight is 180 g/mol. The fraction of sp³-hybridized carbons (Fsp3) is 0.700. The van der Waals surface area contributed by atoms with E-state index >= 15 is 0 Å². The Labute approximate surface area is 78.5 Å². The van der Waals surface area contributed by atoms with Crippen molar-refractivity contribution in [2.24, 2.45) is 5.92 Å². The number of hydrogen-bond donors (Lipinski definition) is 1. The van der Waals surface area contributed by atoms with Crippen LogP contribution in [0.2, 0.25) is 0 Å². The standard InChI is InChI=1S/C10H16N2O/c1-7(2)10(3)8-6-13-12-9(8)4-5-11-10/h6-7,11H,4-5H2,1-3H3. The lowest BCUT2D eigenvalue weighted by Gasteiger charge is -2.37. The molecule has 0 radical (unpaired) electrons. The summed E-state index contributed by atoms with van der Waals surface area (Å²) in [5.74, 6) is 0.547. The fourth-order valence-electron chi connectivity index (χ4n) is 1.91. The Morgan fingerprint density at radius 2 is 2.38 bits per heavy atom.